The number of aromatic hydroxyl groups is 1. The molecule has 0 unspecified atom stereocenters. The SMILES string of the molecule is C=CC(=O)N1CCN(c2nc(NCCF)nc3c(F)c(-c4cc(O)cc5ccccc45)c(Cl)cc23)CC1. The summed E-state index contributed by atoms with van der Waals surface area (Å²) in [7, 11) is 0. The molecule has 37 heavy (non-hydrogen) atoms. The highest BCUT2D eigenvalue weighted by molar-refractivity contribution is 6.35. The van der Waals surface area contributed by atoms with E-state index in [1.54, 1.807) is 17.0 Å². The molecular weight excluding hydrogens is 500 g/mol. The lowest BCUT2D eigenvalue weighted by Gasteiger charge is -2.35. The van der Waals surface area contributed by atoms with Crippen LogP contribution in [0.4, 0.5) is 20.5 Å². The van der Waals surface area contributed by atoms with Crippen LogP contribution in [0.5, 0.6) is 5.75 Å². The molecule has 0 saturated carbocycles. The van der Waals surface area contributed by atoms with Gasteiger partial charge >= 0.3 is 0 Å². The van der Waals surface area contributed by atoms with Crippen molar-refractivity contribution in [2.75, 3.05) is 49.6 Å². The first-order chi connectivity index (χ1) is 17.9. The summed E-state index contributed by atoms with van der Waals surface area (Å²) in [4.78, 5) is 24.5. The summed E-state index contributed by atoms with van der Waals surface area (Å²) in [5.41, 5.74) is 0.543. The van der Waals surface area contributed by atoms with Crippen LogP contribution < -0.4 is 10.2 Å². The average Bonchev–Trinajstić information content (AvgIpc) is 2.91. The van der Waals surface area contributed by atoms with Crippen molar-refractivity contribution in [2.45, 2.75) is 0 Å². The number of nitrogens with zero attached hydrogens (tertiary/aromatic N) is 4. The van der Waals surface area contributed by atoms with Crippen LogP contribution in [0.25, 0.3) is 32.8 Å². The van der Waals surface area contributed by atoms with Crippen molar-refractivity contribution in [1.82, 2.24) is 14.9 Å². The van der Waals surface area contributed by atoms with Crippen LogP contribution in [0.15, 0.2) is 55.1 Å². The number of aromatic nitrogens is 2. The number of anilines is 2. The normalized spacial score (nSPS) is 13.8. The second-order valence-corrected chi connectivity index (χ2v) is 9.07. The molecular formula is C27H24ClF2N5O2. The predicted octanol–water partition coefficient (Wildman–Crippen LogP) is 5.16. The van der Waals surface area contributed by atoms with Crippen LogP contribution in [-0.4, -0.2) is 65.3 Å². The molecule has 7 nitrogen and oxygen atoms in total. The molecule has 1 aromatic heterocycles. The van der Waals surface area contributed by atoms with Crippen molar-refractivity contribution in [3.63, 3.8) is 0 Å². The lowest BCUT2D eigenvalue weighted by Crippen LogP contribution is -2.48. The number of carbonyl (C=O) groups excluding carboxylic acids is 1. The molecule has 5 rings (SSSR count). The Morgan fingerprint density at radius 2 is 1.89 bits per heavy atom. The molecule has 1 fully saturated rings. The Morgan fingerprint density at radius 1 is 1.14 bits per heavy atom. The number of amides is 1. The van der Waals surface area contributed by atoms with Gasteiger partial charge in [0.2, 0.25) is 11.9 Å². The number of halogens is 3. The minimum Gasteiger partial charge on any atom is -0.508 e. The van der Waals surface area contributed by atoms with Crippen molar-refractivity contribution in [3.05, 3.63) is 66.0 Å². The van der Waals surface area contributed by atoms with Crippen molar-refractivity contribution in [2.24, 2.45) is 0 Å². The van der Waals surface area contributed by atoms with Gasteiger partial charge in [0, 0.05) is 43.7 Å². The van der Waals surface area contributed by atoms with E-state index in [1.165, 1.54) is 12.1 Å². The molecule has 0 aliphatic carbocycles. The Hall–Kier alpha value is -3.98. The van der Waals surface area contributed by atoms with Gasteiger partial charge in [-0.1, -0.05) is 42.4 Å². The van der Waals surface area contributed by atoms with E-state index in [9.17, 15) is 14.3 Å². The number of benzene rings is 3. The van der Waals surface area contributed by atoms with Gasteiger partial charge in [-0.2, -0.15) is 4.98 Å². The third kappa shape index (κ3) is 4.62. The average molecular weight is 524 g/mol. The van der Waals surface area contributed by atoms with Crippen LogP contribution in [0.2, 0.25) is 5.02 Å². The first kappa shape index (κ1) is 24.7. The molecule has 1 saturated heterocycles. The number of phenolic OH excluding ortho intramolecular Hbond substituents is 1. The van der Waals surface area contributed by atoms with Crippen LogP contribution in [0, 0.1) is 5.82 Å². The molecule has 190 valence electrons. The molecule has 1 amide bonds. The van der Waals surface area contributed by atoms with E-state index in [0.717, 1.165) is 5.39 Å². The van der Waals surface area contributed by atoms with E-state index in [2.05, 4.69) is 21.9 Å². The number of rotatable bonds is 6. The minimum absolute atomic E-state index is 0.0165. The molecule has 1 aliphatic rings. The van der Waals surface area contributed by atoms with Gasteiger partial charge in [0.05, 0.1) is 5.02 Å². The Bertz CT molecular complexity index is 1520. The lowest BCUT2D eigenvalue weighted by molar-refractivity contribution is -0.126. The fourth-order valence-corrected chi connectivity index (χ4v) is 4.97. The van der Waals surface area contributed by atoms with Gasteiger partial charge in [0.15, 0.2) is 5.82 Å². The highest BCUT2D eigenvalue weighted by Gasteiger charge is 2.26. The first-order valence-electron chi connectivity index (χ1n) is 11.8. The summed E-state index contributed by atoms with van der Waals surface area (Å²) >= 11 is 6.69. The molecule has 2 heterocycles. The number of nitrogens with one attached hydrogen (secondary N) is 1. The first-order valence-corrected chi connectivity index (χ1v) is 12.2. The molecule has 3 aromatic carbocycles. The van der Waals surface area contributed by atoms with Gasteiger partial charge in [0.1, 0.15) is 23.8 Å². The molecule has 10 heteroatoms. The van der Waals surface area contributed by atoms with Crippen LogP contribution in [0.1, 0.15) is 0 Å². The summed E-state index contributed by atoms with van der Waals surface area (Å²) in [6.45, 7) is 4.63. The fraction of sp³-hybridized carbons (Fsp3) is 0.222. The maximum atomic E-state index is 16.3. The van der Waals surface area contributed by atoms with E-state index in [-0.39, 0.29) is 40.3 Å². The van der Waals surface area contributed by atoms with E-state index in [4.69, 9.17) is 11.6 Å². The van der Waals surface area contributed by atoms with Crippen molar-refractivity contribution in [3.8, 4) is 16.9 Å². The van der Waals surface area contributed by atoms with E-state index < -0.39 is 12.5 Å². The van der Waals surface area contributed by atoms with Gasteiger partial charge in [0.25, 0.3) is 0 Å². The minimum atomic E-state index is -0.675. The summed E-state index contributed by atoms with van der Waals surface area (Å²) in [5, 5.41) is 15.1. The fourth-order valence-electron chi connectivity index (χ4n) is 4.68. The maximum absolute atomic E-state index is 16.3. The van der Waals surface area contributed by atoms with Gasteiger partial charge in [-0.3, -0.25) is 4.79 Å². The molecule has 0 radical (unpaired) electrons. The second kappa shape index (κ2) is 10.2. The van der Waals surface area contributed by atoms with E-state index >= 15 is 4.39 Å². The monoisotopic (exact) mass is 523 g/mol. The van der Waals surface area contributed by atoms with Gasteiger partial charge in [-0.15, -0.1) is 0 Å². The maximum Gasteiger partial charge on any atom is 0.246 e. The number of fused-ring (bicyclic) bond motifs is 2. The molecule has 0 bridgehead atoms. The zero-order valence-electron chi connectivity index (χ0n) is 19.8. The van der Waals surface area contributed by atoms with Gasteiger partial charge in [-0.05, 0) is 40.6 Å². The summed E-state index contributed by atoms with van der Waals surface area (Å²) < 4.78 is 29.2. The van der Waals surface area contributed by atoms with Crippen LogP contribution in [-0.2, 0) is 4.79 Å². The van der Waals surface area contributed by atoms with Crippen LogP contribution in [0.3, 0.4) is 0 Å². The van der Waals surface area contributed by atoms with E-state index in [0.29, 0.717) is 48.3 Å². The lowest BCUT2D eigenvalue weighted by atomic mass is 9.96. The van der Waals surface area contributed by atoms with Crippen LogP contribution >= 0.6 is 11.6 Å². The third-order valence-electron chi connectivity index (χ3n) is 6.42. The second-order valence-electron chi connectivity index (χ2n) is 8.66. The zero-order chi connectivity index (χ0) is 26.1. The summed E-state index contributed by atoms with van der Waals surface area (Å²) in [5.74, 6) is -0.340. The van der Waals surface area contributed by atoms with E-state index in [1.807, 2.05) is 29.2 Å². The highest BCUT2D eigenvalue weighted by atomic mass is 35.5. The quantitative estimate of drug-likeness (QED) is 0.340. The Labute approximate surface area is 217 Å². The molecule has 1 aliphatic heterocycles. The predicted molar refractivity (Wildman–Crippen MR) is 143 cm³/mol. The number of alkyl halides is 1. The number of hydrogen-bond acceptors (Lipinski definition) is 6. The molecule has 4 aromatic rings. The van der Waals surface area contributed by atoms with Crippen molar-refractivity contribution in [1.29, 1.82) is 0 Å². The Morgan fingerprint density at radius 3 is 2.62 bits per heavy atom. The standard InChI is InChI=1S/C27H24ClF2N5O2/c1-2-22(37)34-9-11-35(12-10-34)26-20-15-21(28)23(24(30)25(20)32-27(33-26)31-8-7-29)19-14-17(36)13-16-5-3-4-6-18(16)19/h2-6,13-15,36H,1,7-12H2,(H,31,32,33). The number of piperazine rings is 1. The number of carbonyl (C=O) groups is 1. The van der Waals surface area contributed by atoms with Crippen molar-refractivity contribution >= 4 is 50.9 Å². The summed E-state index contributed by atoms with van der Waals surface area (Å²) in [6.07, 6.45) is 1.27. The Kier molecular flexibility index (Phi) is 6.80. The molecule has 2 N–H and O–H groups in total. The molecule has 0 spiro atoms. The number of hydrogen-bond donors (Lipinski definition) is 2. The third-order valence-corrected chi connectivity index (χ3v) is 6.72. The highest BCUT2D eigenvalue weighted by Crippen LogP contribution is 2.42. The topological polar surface area (TPSA) is 81.6 Å². The smallest absolute Gasteiger partial charge is 0.246 e. The van der Waals surface area contributed by atoms with Gasteiger partial charge < -0.3 is 20.2 Å². The number of phenols is 1. The van der Waals surface area contributed by atoms with Gasteiger partial charge in [-0.25, -0.2) is 13.8 Å². The Balaban J connectivity index is 1.68. The van der Waals surface area contributed by atoms with Crippen molar-refractivity contribution < 1.29 is 18.7 Å². The zero-order valence-corrected chi connectivity index (χ0v) is 20.6. The molecule has 0 atom stereocenters. The summed E-state index contributed by atoms with van der Waals surface area (Å²) in [6, 6.07) is 12.0. The largest absolute Gasteiger partial charge is 0.508 e.